The molecule has 3 aromatic rings. The number of sulfonamides is 1. The molecule has 0 bridgehead atoms. The number of hydrogen-bond donors (Lipinski definition) is 1. The second-order valence-electron chi connectivity index (χ2n) is 8.03. The highest BCUT2D eigenvalue weighted by atomic mass is 32.2. The summed E-state index contributed by atoms with van der Waals surface area (Å²) in [5, 5.41) is 9.00. The Balaban J connectivity index is 1.58. The van der Waals surface area contributed by atoms with Crippen molar-refractivity contribution in [2.75, 3.05) is 17.7 Å². The van der Waals surface area contributed by atoms with Crippen LogP contribution in [-0.2, 0) is 24.7 Å². The number of rotatable bonds is 6. The standard InChI is InChI=1S/C24H20FN3O5S2/c1-34(30,31)23-8-3-2-7-19(23)17-9-10-22(20(25)14-17)28-12-11-21(24(28)29)27-35(32,33)18-6-4-5-16(13-18)15-26/h2-10,13-14,21,27H,11-12H2,1H3. The first kappa shape index (κ1) is 24.5. The molecule has 0 aliphatic carbocycles. The molecule has 8 nitrogen and oxygen atoms in total. The van der Waals surface area contributed by atoms with Crippen molar-refractivity contribution in [3.05, 3.63) is 78.1 Å². The van der Waals surface area contributed by atoms with Gasteiger partial charge in [-0.25, -0.2) is 21.2 Å². The summed E-state index contributed by atoms with van der Waals surface area (Å²) in [7, 11) is -7.64. The highest BCUT2D eigenvalue weighted by Crippen LogP contribution is 2.32. The number of hydrogen-bond acceptors (Lipinski definition) is 6. The van der Waals surface area contributed by atoms with Gasteiger partial charge < -0.3 is 4.90 Å². The quantitative estimate of drug-likeness (QED) is 0.541. The Labute approximate surface area is 202 Å². The zero-order valence-corrected chi connectivity index (χ0v) is 20.1. The molecule has 1 aliphatic rings. The van der Waals surface area contributed by atoms with Crippen LogP contribution in [0.25, 0.3) is 11.1 Å². The van der Waals surface area contributed by atoms with Crippen LogP contribution in [0.5, 0.6) is 0 Å². The maximum absolute atomic E-state index is 15.1. The number of amides is 1. The minimum atomic E-state index is -4.09. The predicted molar refractivity (Wildman–Crippen MR) is 127 cm³/mol. The Morgan fingerprint density at radius 2 is 1.77 bits per heavy atom. The van der Waals surface area contributed by atoms with E-state index in [0.29, 0.717) is 11.1 Å². The van der Waals surface area contributed by atoms with Crippen LogP contribution in [0.15, 0.2) is 76.5 Å². The van der Waals surface area contributed by atoms with Crippen LogP contribution in [0.1, 0.15) is 12.0 Å². The van der Waals surface area contributed by atoms with E-state index in [0.717, 1.165) is 17.2 Å². The molecule has 0 aromatic heterocycles. The summed E-state index contributed by atoms with van der Waals surface area (Å²) < 4.78 is 67.1. The second-order valence-corrected chi connectivity index (χ2v) is 11.7. The van der Waals surface area contributed by atoms with Crippen LogP contribution >= 0.6 is 0 Å². The predicted octanol–water partition coefficient (Wildman–Crippen LogP) is 2.85. The summed E-state index contributed by atoms with van der Waals surface area (Å²) in [6, 6.07) is 16.4. The fourth-order valence-electron chi connectivity index (χ4n) is 3.94. The molecule has 0 spiro atoms. The number of benzene rings is 3. The van der Waals surface area contributed by atoms with Crippen LogP contribution in [0.2, 0.25) is 0 Å². The fourth-order valence-corrected chi connectivity index (χ4v) is 6.12. The third kappa shape index (κ3) is 4.95. The van der Waals surface area contributed by atoms with Gasteiger partial charge >= 0.3 is 0 Å². The van der Waals surface area contributed by atoms with Crippen molar-refractivity contribution in [2.24, 2.45) is 0 Å². The molecule has 11 heteroatoms. The lowest BCUT2D eigenvalue weighted by atomic mass is 10.0. The Bertz CT molecular complexity index is 1580. The monoisotopic (exact) mass is 513 g/mol. The van der Waals surface area contributed by atoms with Crippen LogP contribution in [-0.4, -0.2) is 41.6 Å². The topological polar surface area (TPSA) is 124 Å². The smallest absolute Gasteiger partial charge is 0.245 e. The lowest BCUT2D eigenvalue weighted by Gasteiger charge is -2.19. The van der Waals surface area contributed by atoms with E-state index in [1.165, 1.54) is 42.5 Å². The number of nitrogens with one attached hydrogen (secondary N) is 1. The van der Waals surface area contributed by atoms with Crippen LogP contribution in [0, 0.1) is 17.1 Å². The number of carbonyl (C=O) groups is 1. The fraction of sp³-hybridized carbons (Fsp3) is 0.167. The normalized spacial score (nSPS) is 16.3. The minimum Gasteiger partial charge on any atom is -0.308 e. The molecule has 1 amide bonds. The van der Waals surface area contributed by atoms with Gasteiger partial charge in [0, 0.05) is 18.4 Å². The van der Waals surface area contributed by atoms with Gasteiger partial charge in [0.2, 0.25) is 15.9 Å². The Morgan fingerprint density at radius 3 is 2.46 bits per heavy atom. The SMILES string of the molecule is CS(=O)(=O)c1ccccc1-c1ccc(N2CCC(NS(=O)(=O)c3cccc(C#N)c3)C2=O)c(F)c1. The van der Waals surface area contributed by atoms with E-state index in [9.17, 15) is 21.6 Å². The van der Waals surface area contributed by atoms with E-state index < -0.39 is 37.6 Å². The van der Waals surface area contributed by atoms with Gasteiger partial charge in [-0.3, -0.25) is 4.79 Å². The highest BCUT2D eigenvalue weighted by molar-refractivity contribution is 7.91. The van der Waals surface area contributed by atoms with E-state index in [-0.39, 0.29) is 34.0 Å². The van der Waals surface area contributed by atoms with Gasteiger partial charge in [-0.1, -0.05) is 30.3 Å². The van der Waals surface area contributed by atoms with Gasteiger partial charge in [-0.2, -0.15) is 9.98 Å². The van der Waals surface area contributed by atoms with Gasteiger partial charge in [0.15, 0.2) is 9.84 Å². The molecule has 35 heavy (non-hydrogen) atoms. The summed E-state index contributed by atoms with van der Waals surface area (Å²) in [4.78, 5) is 14.0. The first-order chi connectivity index (χ1) is 16.5. The minimum absolute atomic E-state index is 0.0382. The molecule has 1 heterocycles. The van der Waals surface area contributed by atoms with Crippen molar-refractivity contribution < 1.29 is 26.0 Å². The van der Waals surface area contributed by atoms with Crippen molar-refractivity contribution in [1.82, 2.24) is 4.72 Å². The van der Waals surface area contributed by atoms with E-state index in [2.05, 4.69) is 4.72 Å². The van der Waals surface area contributed by atoms with Crippen LogP contribution < -0.4 is 9.62 Å². The van der Waals surface area contributed by atoms with Crippen molar-refractivity contribution >= 4 is 31.5 Å². The molecule has 1 aliphatic heterocycles. The molecular weight excluding hydrogens is 493 g/mol. The molecule has 0 radical (unpaired) electrons. The highest BCUT2D eigenvalue weighted by Gasteiger charge is 2.37. The molecule has 1 fully saturated rings. The first-order valence-electron chi connectivity index (χ1n) is 10.4. The summed E-state index contributed by atoms with van der Waals surface area (Å²) in [6.45, 7) is 0.0838. The summed E-state index contributed by atoms with van der Waals surface area (Å²) in [6.07, 6.45) is 1.19. The molecule has 1 N–H and O–H groups in total. The molecule has 1 saturated heterocycles. The number of halogens is 1. The largest absolute Gasteiger partial charge is 0.308 e. The number of nitriles is 1. The molecule has 4 rings (SSSR count). The zero-order valence-electron chi connectivity index (χ0n) is 18.5. The van der Waals surface area contributed by atoms with Crippen molar-refractivity contribution in [3.8, 4) is 17.2 Å². The van der Waals surface area contributed by atoms with Crippen LogP contribution in [0.3, 0.4) is 0 Å². The van der Waals surface area contributed by atoms with E-state index in [4.69, 9.17) is 5.26 Å². The maximum atomic E-state index is 15.1. The average molecular weight is 514 g/mol. The van der Waals surface area contributed by atoms with Gasteiger partial charge in [-0.05, 0) is 48.4 Å². The van der Waals surface area contributed by atoms with E-state index in [1.54, 1.807) is 18.2 Å². The zero-order chi connectivity index (χ0) is 25.4. The summed E-state index contributed by atoms with van der Waals surface area (Å²) in [5.74, 6) is -1.36. The number of sulfone groups is 1. The van der Waals surface area contributed by atoms with Crippen molar-refractivity contribution in [2.45, 2.75) is 22.3 Å². The lowest BCUT2D eigenvalue weighted by molar-refractivity contribution is -0.118. The lowest BCUT2D eigenvalue weighted by Crippen LogP contribution is -2.41. The molecule has 1 atom stereocenters. The summed E-state index contributed by atoms with van der Waals surface area (Å²) >= 11 is 0. The molecular formula is C24H20FN3O5S2. The molecule has 0 saturated carbocycles. The van der Waals surface area contributed by atoms with E-state index >= 15 is 4.39 Å². The van der Waals surface area contributed by atoms with E-state index in [1.807, 2.05) is 6.07 Å². The third-order valence-electron chi connectivity index (χ3n) is 5.61. The third-order valence-corrected chi connectivity index (χ3v) is 8.24. The average Bonchev–Trinajstić information content (AvgIpc) is 3.17. The first-order valence-corrected chi connectivity index (χ1v) is 13.8. The van der Waals surface area contributed by atoms with Gasteiger partial charge in [0.1, 0.15) is 11.9 Å². The van der Waals surface area contributed by atoms with Crippen LogP contribution in [0.4, 0.5) is 10.1 Å². The molecule has 180 valence electrons. The number of carbonyl (C=O) groups excluding carboxylic acids is 1. The maximum Gasteiger partial charge on any atom is 0.245 e. The van der Waals surface area contributed by atoms with Gasteiger partial charge in [-0.15, -0.1) is 0 Å². The Kier molecular flexibility index (Phi) is 6.46. The van der Waals surface area contributed by atoms with Gasteiger partial charge in [0.05, 0.1) is 27.1 Å². The summed E-state index contributed by atoms with van der Waals surface area (Å²) in [5.41, 5.74) is 0.780. The Morgan fingerprint density at radius 1 is 1.03 bits per heavy atom. The molecule has 1 unspecified atom stereocenters. The van der Waals surface area contributed by atoms with Crippen molar-refractivity contribution in [3.63, 3.8) is 0 Å². The second kappa shape index (κ2) is 9.22. The molecule has 3 aromatic carbocycles. The Hall–Kier alpha value is -3.59. The van der Waals surface area contributed by atoms with Crippen molar-refractivity contribution in [1.29, 1.82) is 5.26 Å². The number of anilines is 1. The number of nitrogens with zero attached hydrogens (tertiary/aromatic N) is 2. The van der Waals surface area contributed by atoms with Gasteiger partial charge in [0.25, 0.3) is 0 Å².